The number of nitrogens with two attached hydrogens (primary N) is 2. The summed E-state index contributed by atoms with van der Waals surface area (Å²) in [5, 5.41) is 0. The highest BCUT2D eigenvalue weighted by molar-refractivity contribution is 5.82. The predicted octanol–water partition coefficient (Wildman–Crippen LogP) is 1.01. The molecule has 1 atom stereocenters. The van der Waals surface area contributed by atoms with Gasteiger partial charge in [-0.15, -0.1) is 0 Å². The Bertz CT molecular complexity index is 447. The Morgan fingerprint density at radius 1 is 1.44 bits per heavy atom. The molecule has 0 radical (unpaired) electrons. The molecular weight excluding hydrogens is 209 g/mol. The summed E-state index contributed by atoms with van der Waals surface area (Å²) in [6.45, 7) is 2.37. The van der Waals surface area contributed by atoms with Gasteiger partial charge in [0.2, 0.25) is 0 Å². The number of nitrogen functional groups attached to an aromatic ring is 1. The molecule has 0 aromatic heterocycles. The number of anilines is 1. The van der Waals surface area contributed by atoms with Crippen LogP contribution >= 0.6 is 0 Å². The lowest BCUT2D eigenvalue weighted by molar-refractivity contribution is 0.104. The lowest BCUT2D eigenvalue weighted by Gasteiger charge is -2.30. The van der Waals surface area contributed by atoms with Gasteiger partial charge in [-0.05, 0) is 25.1 Å². The molecule has 0 fully saturated rings. The number of hydrogen-bond donors (Lipinski definition) is 2. The number of aliphatic imine (C=N–C) groups is 1. The average Bonchev–Trinajstić information content (AvgIpc) is 2.21. The van der Waals surface area contributed by atoms with Gasteiger partial charge in [0.1, 0.15) is 23.8 Å². The van der Waals surface area contributed by atoms with E-state index in [1.165, 1.54) is 12.1 Å². The quantitative estimate of drug-likeness (QED) is 0.698. The van der Waals surface area contributed by atoms with Crippen LogP contribution in [0.15, 0.2) is 23.2 Å². The SMILES string of the molecule is C[C@]1(c2cc(N)ccc2F)COCC(N)=N1. The van der Waals surface area contributed by atoms with Crippen molar-refractivity contribution < 1.29 is 9.13 Å². The second-order valence-corrected chi connectivity index (χ2v) is 4.11. The molecule has 0 spiro atoms. The highest BCUT2D eigenvalue weighted by Crippen LogP contribution is 2.31. The topological polar surface area (TPSA) is 73.6 Å². The summed E-state index contributed by atoms with van der Waals surface area (Å²) in [5.74, 6) is 0.0225. The van der Waals surface area contributed by atoms with Crippen LogP contribution in [0.4, 0.5) is 10.1 Å². The number of benzene rings is 1. The predicted molar refractivity (Wildman–Crippen MR) is 60.6 cm³/mol. The number of rotatable bonds is 1. The fraction of sp³-hybridized carbons (Fsp3) is 0.364. The van der Waals surface area contributed by atoms with Crippen molar-refractivity contribution in [3.8, 4) is 0 Å². The van der Waals surface area contributed by atoms with E-state index in [1.54, 1.807) is 13.0 Å². The Hall–Kier alpha value is -1.62. The molecule has 0 unspecified atom stereocenters. The summed E-state index contributed by atoms with van der Waals surface area (Å²) in [5.41, 5.74) is 11.4. The molecule has 4 N–H and O–H groups in total. The summed E-state index contributed by atoms with van der Waals surface area (Å²) in [6.07, 6.45) is 0. The first-order valence-electron chi connectivity index (χ1n) is 4.99. The Kier molecular flexibility index (Phi) is 2.55. The van der Waals surface area contributed by atoms with Crippen molar-refractivity contribution in [2.45, 2.75) is 12.5 Å². The maximum absolute atomic E-state index is 13.7. The molecule has 0 bridgehead atoms. The van der Waals surface area contributed by atoms with E-state index in [4.69, 9.17) is 16.2 Å². The number of halogens is 1. The summed E-state index contributed by atoms with van der Waals surface area (Å²) in [7, 11) is 0. The van der Waals surface area contributed by atoms with Gasteiger partial charge in [0.15, 0.2) is 0 Å². The van der Waals surface area contributed by atoms with Gasteiger partial charge in [-0.25, -0.2) is 4.39 Å². The van der Waals surface area contributed by atoms with Crippen LogP contribution in [0.5, 0.6) is 0 Å². The fourth-order valence-corrected chi connectivity index (χ4v) is 1.83. The second kappa shape index (κ2) is 3.75. The zero-order valence-electron chi connectivity index (χ0n) is 9.03. The smallest absolute Gasteiger partial charge is 0.129 e. The molecule has 1 aromatic rings. The minimum Gasteiger partial charge on any atom is -0.399 e. The van der Waals surface area contributed by atoms with Crippen molar-refractivity contribution in [3.05, 3.63) is 29.6 Å². The normalized spacial score (nSPS) is 25.2. The molecule has 0 amide bonds. The van der Waals surface area contributed by atoms with E-state index in [0.29, 0.717) is 30.3 Å². The number of hydrogen-bond acceptors (Lipinski definition) is 4. The van der Waals surface area contributed by atoms with Crippen LogP contribution in [-0.4, -0.2) is 19.0 Å². The van der Waals surface area contributed by atoms with E-state index in [-0.39, 0.29) is 5.82 Å². The first-order chi connectivity index (χ1) is 7.51. The molecule has 16 heavy (non-hydrogen) atoms. The molecule has 86 valence electrons. The van der Waals surface area contributed by atoms with Gasteiger partial charge in [0.25, 0.3) is 0 Å². The molecule has 1 heterocycles. The maximum atomic E-state index is 13.7. The number of amidine groups is 1. The maximum Gasteiger partial charge on any atom is 0.129 e. The summed E-state index contributed by atoms with van der Waals surface area (Å²) in [6, 6.07) is 4.41. The highest BCUT2D eigenvalue weighted by atomic mass is 19.1. The zero-order chi connectivity index (χ0) is 11.8. The van der Waals surface area contributed by atoms with E-state index in [1.807, 2.05) is 0 Å². The molecule has 0 saturated carbocycles. The van der Waals surface area contributed by atoms with Crippen LogP contribution in [0, 0.1) is 5.82 Å². The standard InChI is InChI=1S/C11H14FN3O/c1-11(6-16-5-10(14)15-11)8-4-7(13)2-3-9(8)12/h2-4H,5-6,13H2,1H3,(H2,14,15)/t11-/m1/s1. The summed E-state index contributed by atoms with van der Waals surface area (Å²) >= 11 is 0. The molecule has 1 aliphatic heterocycles. The summed E-state index contributed by atoms with van der Waals surface area (Å²) in [4.78, 5) is 4.26. The van der Waals surface area contributed by atoms with E-state index in [2.05, 4.69) is 4.99 Å². The van der Waals surface area contributed by atoms with E-state index in [0.717, 1.165) is 0 Å². The van der Waals surface area contributed by atoms with E-state index in [9.17, 15) is 4.39 Å². The van der Waals surface area contributed by atoms with E-state index < -0.39 is 5.54 Å². The van der Waals surface area contributed by atoms with Crippen molar-refractivity contribution in [2.75, 3.05) is 18.9 Å². The largest absolute Gasteiger partial charge is 0.399 e. The Morgan fingerprint density at radius 2 is 2.19 bits per heavy atom. The van der Waals surface area contributed by atoms with Crippen molar-refractivity contribution >= 4 is 11.5 Å². The molecule has 5 heteroatoms. The van der Waals surface area contributed by atoms with Crippen LogP contribution in [-0.2, 0) is 10.3 Å². The third-order valence-electron chi connectivity index (χ3n) is 2.59. The first-order valence-corrected chi connectivity index (χ1v) is 4.99. The monoisotopic (exact) mass is 223 g/mol. The van der Waals surface area contributed by atoms with Gasteiger partial charge in [0.05, 0.1) is 6.61 Å². The van der Waals surface area contributed by atoms with E-state index >= 15 is 0 Å². The van der Waals surface area contributed by atoms with Crippen molar-refractivity contribution in [1.29, 1.82) is 0 Å². The van der Waals surface area contributed by atoms with Crippen molar-refractivity contribution in [2.24, 2.45) is 10.7 Å². The zero-order valence-corrected chi connectivity index (χ0v) is 9.03. The lowest BCUT2D eigenvalue weighted by atomic mass is 9.92. The van der Waals surface area contributed by atoms with Gasteiger partial charge in [-0.1, -0.05) is 0 Å². The minimum atomic E-state index is -0.790. The minimum absolute atomic E-state index is 0.291. The second-order valence-electron chi connectivity index (χ2n) is 4.11. The average molecular weight is 223 g/mol. The molecule has 4 nitrogen and oxygen atoms in total. The van der Waals surface area contributed by atoms with Crippen LogP contribution in [0.25, 0.3) is 0 Å². The van der Waals surface area contributed by atoms with Crippen LogP contribution in [0.2, 0.25) is 0 Å². The van der Waals surface area contributed by atoms with Gasteiger partial charge in [-0.3, -0.25) is 4.99 Å². The van der Waals surface area contributed by atoms with Crippen molar-refractivity contribution in [3.63, 3.8) is 0 Å². The molecule has 2 rings (SSSR count). The number of nitrogens with zero attached hydrogens (tertiary/aromatic N) is 1. The highest BCUT2D eigenvalue weighted by Gasteiger charge is 2.32. The summed E-state index contributed by atoms with van der Waals surface area (Å²) < 4.78 is 19.0. The van der Waals surface area contributed by atoms with Gasteiger partial charge < -0.3 is 16.2 Å². The molecule has 0 saturated heterocycles. The van der Waals surface area contributed by atoms with Gasteiger partial charge in [-0.2, -0.15) is 0 Å². The Labute approximate surface area is 93.1 Å². The lowest BCUT2D eigenvalue weighted by Crippen LogP contribution is -2.38. The van der Waals surface area contributed by atoms with Crippen LogP contribution < -0.4 is 11.5 Å². The Balaban J connectivity index is 2.50. The molecule has 1 aliphatic rings. The van der Waals surface area contributed by atoms with Crippen LogP contribution in [0.3, 0.4) is 0 Å². The third-order valence-corrected chi connectivity index (χ3v) is 2.59. The first kappa shape index (κ1) is 10.9. The fourth-order valence-electron chi connectivity index (χ4n) is 1.83. The van der Waals surface area contributed by atoms with Gasteiger partial charge >= 0.3 is 0 Å². The van der Waals surface area contributed by atoms with Crippen molar-refractivity contribution in [1.82, 2.24) is 0 Å². The van der Waals surface area contributed by atoms with Crippen LogP contribution in [0.1, 0.15) is 12.5 Å². The van der Waals surface area contributed by atoms with Gasteiger partial charge in [0, 0.05) is 11.3 Å². The Morgan fingerprint density at radius 3 is 2.88 bits per heavy atom. The molecular formula is C11H14FN3O. The number of ether oxygens (including phenoxy) is 1. The molecule has 0 aliphatic carbocycles. The molecule has 1 aromatic carbocycles. The third kappa shape index (κ3) is 1.86.